The Bertz CT molecular complexity index is 889. The summed E-state index contributed by atoms with van der Waals surface area (Å²) in [5.74, 6) is -0.0673. The first kappa shape index (κ1) is 18.8. The van der Waals surface area contributed by atoms with E-state index in [4.69, 9.17) is 4.74 Å². The fourth-order valence-electron chi connectivity index (χ4n) is 2.46. The minimum atomic E-state index is -0.414. The summed E-state index contributed by atoms with van der Waals surface area (Å²) < 4.78 is 6.49. The second-order valence-electron chi connectivity index (χ2n) is 5.96. The van der Waals surface area contributed by atoms with Crippen LogP contribution in [0.4, 0.5) is 0 Å². The molecule has 0 unspecified atom stereocenters. The van der Waals surface area contributed by atoms with Gasteiger partial charge in [0.25, 0.3) is 5.91 Å². The van der Waals surface area contributed by atoms with Crippen molar-refractivity contribution >= 4 is 33.4 Å². The molecule has 0 aliphatic heterocycles. The highest BCUT2D eigenvalue weighted by molar-refractivity contribution is 7.18. The number of hydrazine groups is 1. The molecular weight excluding hydrogens is 362 g/mol. The van der Waals surface area contributed by atoms with Crippen LogP contribution < -0.4 is 15.6 Å². The lowest BCUT2D eigenvalue weighted by atomic mass is 10.2. The molecule has 27 heavy (non-hydrogen) atoms. The van der Waals surface area contributed by atoms with Gasteiger partial charge in [-0.15, -0.1) is 11.3 Å². The van der Waals surface area contributed by atoms with Crippen molar-refractivity contribution in [3.05, 3.63) is 59.1 Å². The molecule has 6 nitrogen and oxygen atoms in total. The molecule has 2 aromatic carbocycles. The molecule has 0 aliphatic carbocycles. The van der Waals surface area contributed by atoms with Crippen molar-refractivity contribution < 1.29 is 14.3 Å². The van der Waals surface area contributed by atoms with E-state index in [9.17, 15) is 9.59 Å². The third kappa shape index (κ3) is 5.52. The number of thiazole rings is 1. The van der Waals surface area contributed by atoms with E-state index in [0.29, 0.717) is 12.2 Å². The standard InChI is InChI=1S/C20H21N3O3S/c1-2-14-7-9-15(10-8-14)26-13-19(25)23-22-18(24)11-12-20-21-16-5-3-4-6-17(16)27-20/h3-10H,2,11-13H2,1H3,(H,22,24)(H,23,25). The topological polar surface area (TPSA) is 80.3 Å². The van der Waals surface area contributed by atoms with Crippen LogP contribution in [0.3, 0.4) is 0 Å². The molecule has 7 heteroatoms. The lowest BCUT2D eigenvalue weighted by Crippen LogP contribution is -2.43. The zero-order chi connectivity index (χ0) is 19.1. The average molecular weight is 383 g/mol. The fraction of sp³-hybridized carbons (Fsp3) is 0.250. The van der Waals surface area contributed by atoms with E-state index in [-0.39, 0.29) is 18.9 Å². The number of nitrogens with zero attached hydrogens (tertiary/aromatic N) is 1. The molecule has 3 aromatic rings. The number of benzene rings is 2. The van der Waals surface area contributed by atoms with Crippen molar-refractivity contribution in [2.24, 2.45) is 0 Å². The Morgan fingerprint density at radius 3 is 2.52 bits per heavy atom. The third-order valence-electron chi connectivity index (χ3n) is 3.95. The van der Waals surface area contributed by atoms with Crippen molar-refractivity contribution in [1.29, 1.82) is 0 Å². The van der Waals surface area contributed by atoms with E-state index in [2.05, 4.69) is 22.8 Å². The summed E-state index contributed by atoms with van der Waals surface area (Å²) in [5.41, 5.74) is 6.90. The predicted octanol–water partition coefficient (Wildman–Crippen LogP) is 3.02. The van der Waals surface area contributed by atoms with Gasteiger partial charge in [0.05, 0.1) is 15.2 Å². The van der Waals surface area contributed by atoms with Crippen LogP contribution in [0, 0.1) is 0 Å². The number of rotatable bonds is 7. The number of amides is 2. The molecule has 0 spiro atoms. The Labute approximate surface area is 161 Å². The van der Waals surface area contributed by atoms with E-state index < -0.39 is 5.91 Å². The van der Waals surface area contributed by atoms with Crippen molar-refractivity contribution in [1.82, 2.24) is 15.8 Å². The maximum absolute atomic E-state index is 11.9. The lowest BCUT2D eigenvalue weighted by molar-refractivity contribution is -0.130. The first-order chi connectivity index (χ1) is 13.1. The van der Waals surface area contributed by atoms with Crippen LogP contribution in [0.1, 0.15) is 23.9 Å². The largest absolute Gasteiger partial charge is 0.484 e. The van der Waals surface area contributed by atoms with Gasteiger partial charge in [0.2, 0.25) is 5.91 Å². The number of carbonyl (C=O) groups excluding carboxylic acids is 2. The number of hydrogen-bond acceptors (Lipinski definition) is 5. The summed E-state index contributed by atoms with van der Waals surface area (Å²) in [7, 11) is 0. The fourth-order valence-corrected chi connectivity index (χ4v) is 3.42. The number of fused-ring (bicyclic) bond motifs is 1. The average Bonchev–Trinajstić information content (AvgIpc) is 3.12. The van der Waals surface area contributed by atoms with Gasteiger partial charge >= 0.3 is 0 Å². The highest BCUT2D eigenvalue weighted by Gasteiger charge is 2.08. The van der Waals surface area contributed by atoms with Crippen LogP contribution in [0.2, 0.25) is 0 Å². The Morgan fingerprint density at radius 1 is 1.04 bits per heavy atom. The molecular formula is C20H21N3O3S. The molecule has 0 aliphatic rings. The zero-order valence-electron chi connectivity index (χ0n) is 15.0. The van der Waals surface area contributed by atoms with E-state index in [1.165, 1.54) is 5.56 Å². The summed E-state index contributed by atoms with van der Waals surface area (Å²) in [6, 6.07) is 15.4. The van der Waals surface area contributed by atoms with Crippen molar-refractivity contribution in [2.75, 3.05) is 6.61 Å². The van der Waals surface area contributed by atoms with Crippen LogP contribution in [0.5, 0.6) is 5.75 Å². The maximum Gasteiger partial charge on any atom is 0.276 e. The van der Waals surface area contributed by atoms with Gasteiger partial charge in [-0.2, -0.15) is 0 Å². The van der Waals surface area contributed by atoms with E-state index >= 15 is 0 Å². The number of ether oxygens (including phenoxy) is 1. The van der Waals surface area contributed by atoms with Gasteiger partial charge in [-0.3, -0.25) is 20.4 Å². The first-order valence-electron chi connectivity index (χ1n) is 8.78. The Morgan fingerprint density at radius 2 is 1.78 bits per heavy atom. The molecule has 1 heterocycles. The quantitative estimate of drug-likeness (QED) is 0.615. The molecule has 140 valence electrons. The minimum Gasteiger partial charge on any atom is -0.484 e. The molecule has 0 atom stereocenters. The van der Waals surface area contributed by atoms with Crippen LogP contribution in [0.25, 0.3) is 10.2 Å². The third-order valence-corrected chi connectivity index (χ3v) is 5.04. The number of aryl methyl sites for hydroxylation is 2. The highest BCUT2D eigenvalue weighted by Crippen LogP contribution is 2.22. The summed E-state index contributed by atoms with van der Waals surface area (Å²) in [4.78, 5) is 28.2. The van der Waals surface area contributed by atoms with Gasteiger partial charge in [0.1, 0.15) is 5.75 Å². The van der Waals surface area contributed by atoms with Crippen LogP contribution in [0.15, 0.2) is 48.5 Å². The van der Waals surface area contributed by atoms with E-state index in [0.717, 1.165) is 21.6 Å². The van der Waals surface area contributed by atoms with Gasteiger partial charge in [0.15, 0.2) is 6.61 Å². The molecule has 0 saturated carbocycles. The highest BCUT2D eigenvalue weighted by atomic mass is 32.1. The van der Waals surface area contributed by atoms with Crippen LogP contribution >= 0.6 is 11.3 Å². The summed E-state index contributed by atoms with van der Waals surface area (Å²) in [5, 5.41) is 0.900. The van der Waals surface area contributed by atoms with Crippen molar-refractivity contribution in [2.45, 2.75) is 26.2 Å². The van der Waals surface area contributed by atoms with Crippen molar-refractivity contribution in [3.63, 3.8) is 0 Å². The number of para-hydroxylation sites is 1. The Balaban J connectivity index is 1.37. The molecule has 2 N–H and O–H groups in total. The molecule has 0 radical (unpaired) electrons. The molecule has 2 amide bonds. The number of nitrogens with one attached hydrogen (secondary N) is 2. The second kappa shape index (κ2) is 9.14. The van der Waals surface area contributed by atoms with Gasteiger partial charge in [-0.25, -0.2) is 4.98 Å². The molecule has 3 rings (SSSR count). The lowest BCUT2D eigenvalue weighted by Gasteiger charge is -2.09. The van der Waals surface area contributed by atoms with Gasteiger partial charge in [-0.05, 0) is 36.2 Å². The smallest absolute Gasteiger partial charge is 0.276 e. The number of aromatic nitrogens is 1. The Kier molecular flexibility index (Phi) is 6.38. The van der Waals surface area contributed by atoms with Crippen LogP contribution in [-0.2, 0) is 22.4 Å². The normalized spacial score (nSPS) is 10.6. The zero-order valence-corrected chi connectivity index (χ0v) is 15.8. The number of carbonyl (C=O) groups is 2. The van der Waals surface area contributed by atoms with E-state index in [1.807, 2.05) is 48.5 Å². The maximum atomic E-state index is 11.9. The molecule has 1 aromatic heterocycles. The summed E-state index contributed by atoms with van der Waals surface area (Å²) in [6.45, 7) is 1.91. The molecule has 0 saturated heterocycles. The van der Waals surface area contributed by atoms with Crippen LogP contribution in [-0.4, -0.2) is 23.4 Å². The van der Waals surface area contributed by atoms with Gasteiger partial charge in [-0.1, -0.05) is 31.2 Å². The summed E-state index contributed by atoms with van der Waals surface area (Å²) in [6.07, 6.45) is 1.73. The van der Waals surface area contributed by atoms with Crippen molar-refractivity contribution in [3.8, 4) is 5.75 Å². The number of hydrogen-bond donors (Lipinski definition) is 2. The van der Waals surface area contributed by atoms with E-state index in [1.54, 1.807) is 11.3 Å². The Hall–Kier alpha value is -2.93. The minimum absolute atomic E-state index is 0.163. The molecule has 0 bridgehead atoms. The first-order valence-corrected chi connectivity index (χ1v) is 9.59. The summed E-state index contributed by atoms with van der Waals surface area (Å²) >= 11 is 1.57. The predicted molar refractivity (Wildman–Crippen MR) is 106 cm³/mol. The SMILES string of the molecule is CCc1ccc(OCC(=O)NNC(=O)CCc2nc3ccccc3s2)cc1. The van der Waals surface area contributed by atoms with Gasteiger partial charge < -0.3 is 4.74 Å². The second-order valence-corrected chi connectivity index (χ2v) is 7.07. The van der Waals surface area contributed by atoms with Gasteiger partial charge in [0, 0.05) is 12.8 Å². The monoisotopic (exact) mass is 383 g/mol. The molecule has 0 fully saturated rings.